The summed E-state index contributed by atoms with van der Waals surface area (Å²) >= 11 is 11.9. The molecule has 25 heavy (non-hydrogen) atoms. The lowest BCUT2D eigenvalue weighted by molar-refractivity contribution is -0.117. The molecule has 0 saturated carbocycles. The number of amides is 2. The summed E-state index contributed by atoms with van der Waals surface area (Å²) in [7, 11) is 0. The van der Waals surface area contributed by atoms with Crippen LogP contribution >= 0.6 is 23.2 Å². The van der Waals surface area contributed by atoms with Gasteiger partial charge in [-0.05, 0) is 49.2 Å². The zero-order valence-corrected chi connectivity index (χ0v) is 15.9. The molecular weight excluding hydrogens is 359 g/mol. The van der Waals surface area contributed by atoms with E-state index in [0.29, 0.717) is 22.3 Å². The van der Waals surface area contributed by atoms with E-state index in [-0.39, 0.29) is 18.2 Å². The van der Waals surface area contributed by atoms with Crippen LogP contribution < -0.4 is 10.2 Å². The molecule has 0 aliphatic rings. The minimum atomic E-state index is -0.213. The van der Waals surface area contributed by atoms with E-state index in [9.17, 15) is 9.59 Å². The third kappa shape index (κ3) is 5.21. The molecule has 0 spiro atoms. The highest BCUT2D eigenvalue weighted by Crippen LogP contribution is 2.24. The van der Waals surface area contributed by atoms with Gasteiger partial charge in [0.05, 0.1) is 0 Å². The SMILES string of the molecule is CC(=O)N(CCC(=O)Nc1cc(Cl)cc(Cl)c1)c1cccc(C)c1C. The Morgan fingerprint density at radius 2 is 1.72 bits per heavy atom. The standard InChI is InChI=1S/C19H20Cl2N2O2/c1-12-5-4-6-18(13(12)2)23(14(3)24)8-7-19(25)22-17-10-15(20)9-16(21)11-17/h4-6,9-11H,7-8H2,1-3H3,(H,22,25). The first-order valence-electron chi connectivity index (χ1n) is 7.88. The Morgan fingerprint density at radius 1 is 1.08 bits per heavy atom. The lowest BCUT2D eigenvalue weighted by Gasteiger charge is -2.23. The van der Waals surface area contributed by atoms with Crippen LogP contribution in [0.1, 0.15) is 24.5 Å². The van der Waals surface area contributed by atoms with Gasteiger partial charge < -0.3 is 10.2 Å². The van der Waals surface area contributed by atoms with Gasteiger partial charge in [0.15, 0.2) is 0 Å². The van der Waals surface area contributed by atoms with Crippen molar-refractivity contribution in [1.82, 2.24) is 0 Å². The van der Waals surface area contributed by atoms with Crippen LogP contribution in [0.2, 0.25) is 10.0 Å². The topological polar surface area (TPSA) is 49.4 Å². The van der Waals surface area contributed by atoms with Gasteiger partial charge in [-0.1, -0.05) is 35.3 Å². The quantitative estimate of drug-likeness (QED) is 0.796. The third-order valence-electron chi connectivity index (χ3n) is 3.96. The Kier molecular flexibility index (Phi) is 6.45. The molecule has 0 aliphatic carbocycles. The minimum absolute atomic E-state index is 0.104. The van der Waals surface area contributed by atoms with Crippen molar-refractivity contribution in [2.75, 3.05) is 16.8 Å². The predicted octanol–water partition coefficient (Wildman–Crippen LogP) is 4.99. The number of carbonyl (C=O) groups is 2. The molecule has 4 nitrogen and oxygen atoms in total. The molecule has 0 aromatic heterocycles. The van der Waals surface area contributed by atoms with Gasteiger partial charge in [0.2, 0.25) is 11.8 Å². The highest BCUT2D eigenvalue weighted by molar-refractivity contribution is 6.35. The molecular formula is C19H20Cl2N2O2. The number of rotatable bonds is 5. The summed E-state index contributed by atoms with van der Waals surface area (Å²) in [5, 5.41) is 3.64. The summed E-state index contributed by atoms with van der Waals surface area (Å²) in [6.07, 6.45) is 0.164. The maximum Gasteiger partial charge on any atom is 0.226 e. The maximum atomic E-state index is 12.2. The molecule has 132 valence electrons. The number of anilines is 2. The van der Waals surface area contributed by atoms with Crippen LogP contribution in [0.5, 0.6) is 0 Å². The Bertz CT molecular complexity index is 786. The summed E-state index contributed by atoms with van der Waals surface area (Å²) in [5.41, 5.74) is 3.48. The largest absolute Gasteiger partial charge is 0.326 e. The number of nitrogens with one attached hydrogen (secondary N) is 1. The van der Waals surface area contributed by atoms with Crippen LogP contribution in [0.25, 0.3) is 0 Å². The van der Waals surface area contributed by atoms with E-state index in [1.54, 1.807) is 23.1 Å². The second-order valence-electron chi connectivity index (χ2n) is 5.85. The normalized spacial score (nSPS) is 10.4. The number of aryl methyl sites for hydroxylation is 1. The Labute approximate surface area is 157 Å². The molecule has 0 saturated heterocycles. The van der Waals surface area contributed by atoms with E-state index in [1.165, 1.54) is 6.92 Å². The fourth-order valence-corrected chi connectivity index (χ4v) is 3.06. The number of halogens is 2. The summed E-state index contributed by atoms with van der Waals surface area (Å²) in [6, 6.07) is 10.6. The van der Waals surface area contributed by atoms with E-state index >= 15 is 0 Å². The average Bonchev–Trinajstić information content (AvgIpc) is 2.50. The van der Waals surface area contributed by atoms with Crippen molar-refractivity contribution in [3.63, 3.8) is 0 Å². The Balaban J connectivity index is 2.07. The molecule has 2 rings (SSSR count). The lowest BCUT2D eigenvalue weighted by atomic mass is 10.1. The zero-order valence-electron chi connectivity index (χ0n) is 14.4. The highest BCUT2D eigenvalue weighted by atomic mass is 35.5. The number of nitrogens with zero attached hydrogens (tertiary/aromatic N) is 1. The molecule has 1 N–H and O–H groups in total. The van der Waals surface area contributed by atoms with Crippen LogP contribution in [-0.4, -0.2) is 18.4 Å². The van der Waals surface area contributed by atoms with Crippen molar-refractivity contribution < 1.29 is 9.59 Å². The van der Waals surface area contributed by atoms with E-state index in [4.69, 9.17) is 23.2 Å². The summed E-state index contributed by atoms with van der Waals surface area (Å²) in [4.78, 5) is 25.9. The average molecular weight is 379 g/mol. The molecule has 2 amide bonds. The van der Waals surface area contributed by atoms with Gasteiger partial charge in [0.25, 0.3) is 0 Å². The van der Waals surface area contributed by atoms with Crippen molar-refractivity contribution >= 4 is 46.4 Å². The number of carbonyl (C=O) groups excluding carboxylic acids is 2. The summed E-state index contributed by atoms with van der Waals surface area (Å²) in [6.45, 7) is 5.75. The van der Waals surface area contributed by atoms with Crippen LogP contribution in [0, 0.1) is 13.8 Å². The minimum Gasteiger partial charge on any atom is -0.326 e. The zero-order chi connectivity index (χ0) is 18.6. The monoisotopic (exact) mass is 378 g/mol. The molecule has 0 bridgehead atoms. The van der Waals surface area contributed by atoms with Crippen LogP contribution in [-0.2, 0) is 9.59 Å². The molecule has 2 aromatic carbocycles. The Hall–Kier alpha value is -2.04. The molecule has 0 fully saturated rings. The highest BCUT2D eigenvalue weighted by Gasteiger charge is 2.16. The van der Waals surface area contributed by atoms with Gasteiger partial charge in [0, 0.05) is 41.3 Å². The van der Waals surface area contributed by atoms with Gasteiger partial charge in [-0.2, -0.15) is 0 Å². The van der Waals surface area contributed by atoms with Crippen molar-refractivity contribution in [2.45, 2.75) is 27.2 Å². The van der Waals surface area contributed by atoms with Gasteiger partial charge in [0.1, 0.15) is 0 Å². The third-order valence-corrected chi connectivity index (χ3v) is 4.39. The van der Waals surface area contributed by atoms with E-state index in [1.807, 2.05) is 32.0 Å². The van der Waals surface area contributed by atoms with Gasteiger partial charge >= 0.3 is 0 Å². The molecule has 2 aromatic rings. The van der Waals surface area contributed by atoms with E-state index in [0.717, 1.165) is 16.8 Å². The van der Waals surface area contributed by atoms with Crippen molar-refractivity contribution in [3.8, 4) is 0 Å². The smallest absolute Gasteiger partial charge is 0.226 e. The summed E-state index contributed by atoms with van der Waals surface area (Å²) < 4.78 is 0. The second kappa shape index (κ2) is 8.37. The second-order valence-corrected chi connectivity index (χ2v) is 6.72. The molecule has 6 heteroatoms. The number of benzene rings is 2. The molecule has 0 aliphatic heterocycles. The van der Waals surface area contributed by atoms with Gasteiger partial charge in [-0.25, -0.2) is 0 Å². The van der Waals surface area contributed by atoms with E-state index in [2.05, 4.69) is 5.32 Å². The van der Waals surface area contributed by atoms with Crippen LogP contribution in [0.15, 0.2) is 36.4 Å². The predicted molar refractivity (Wildman–Crippen MR) is 104 cm³/mol. The summed E-state index contributed by atoms with van der Waals surface area (Å²) in [5.74, 6) is -0.317. The first kappa shape index (κ1) is 19.3. The number of hydrogen-bond acceptors (Lipinski definition) is 2. The van der Waals surface area contributed by atoms with Gasteiger partial charge in [-0.15, -0.1) is 0 Å². The Morgan fingerprint density at radius 3 is 2.32 bits per heavy atom. The van der Waals surface area contributed by atoms with Crippen LogP contribution in [0.3, 0.4) is 0 Å². The fourth-order valence-electron chi connectivity index (χ4n) is 2.54. The van der Waals surface area contributed by atoms with E-state index < -0.39 is 0 Å². The fraction of sp³-hybridized carbons (Fsp3) is 0.263. The van der Waals surface area contributed by atoms with Gasteiger partial charge in [-0.3, -0.25) is 9.59 Å². The van der Waals surface area contributed by atoms with Crippen molar-refractivity contribution in [3.05, 3.63) is 57.6 Å². The molecule has 0 heterocycles. The first-order chi connectivity index (χ1) is 11.8. The first-order valence-corrected chi connectivity index (χ1v) is 8.64. The number of hydrogen-bond donors (Lipinski definition) is 1. The van der Waals surface area contributed by atoms with Crippen molar-refractivity contribution in [1.29, 1.82) is 0 Å². The maximum absolute atomic E-state index is 12.2. The van der Waals surface area contributed by atoms with Crippen molar-refractivity contribution in [2.24, 2.45) is 0 Å². The van der Waals surface area contributed by atoms with Crippen LogP contribution in [0.4, 0.5) is 11.4 Å². The molecule has 0 atom stereocenters. The molecule has 0 unspecified atom stereocenters. The molecule has 0 radical (unpaired) electrons. The lowest BCUT2D eigenvalue weighted by Crippen LogP contribution is -2.32.